The molecule has 1 fully saturated rings. The van der Waals surface area contributed by atoms with E-state index in [0.29, 0.717) is 0 Å². The molecule has 1 heterocycles. The standard InChI is InChI=1S/C14H20N2O2/c1-12(13-6-4-3-5-7-13)14(17)18-16-10-8-15(2)9-11-16/h3-7,12H,8-11H2,1-2H3. The predicted octanol–water partition coefficient (Wildman–Crippen LogP) is 1.50. The highest BCUT2D eigenvalue weighted by molar-refractivity contribution is 5.77. The molecule has 4 nitrogen and oxygen atoms in total. The highest BCUT2D eigenvalue weighted by Crippen LogP contribution is 2.17. The fraction of sp³-hybridized carbons (Fsp3) is 0.500. The van der Waals surface area contributed by atoms with Gasteiger partial charge in [-0.15, -0.1) is 5.06 Å². The van der Waals surface area contributed by atoms with Crippen LogP contribution in [0.5, 0.6) is 0 Å². The topological polar surface area (TPSA) is 32.8 Å². The molecule has 0 bridgehead atoms. The number of likely N-dealkylation sites (N-methyl/N-ethyl adjacent to an activating group) is 1. The van der Waals surface area contributed by atoms with Crippen molar-refractivity contribution in [3.8, 4) is 0 Å². The molecule has 0 aromatic heterocycles. The quantitative estimate of drug-likeness (QED) is 0.811. The first-order valence-electron chi connectivity index (χ1n) is 6.37. The van der Waals surface area contributed by atoms with E-state index >= 15 is 0 Å². The summed E-state index contributed by atoms with van der Waals surface area (Å²) >= 11 is 0. The van der Waals surface area contributed by atoms with E-state index in [1.807, 2.05) is 37.3 Å². The van der Waals surface area contributed by atoms with E-state index in [4.69, 9.17) is 4.84 Å². The van der Waals surface area contributed by atoms with Crippen LogP contribution in [0.15, 0.2) is 30.3 Å². The Morgan fingerprint density at radius 2 is 1.78 bits per heavy atom. The minimum atomic E-state index is -0.217. The van der Waals surface area contributed by atoms with Gasteiger partial charge in [-0.1, -0.05) is 30.3 Å². The van der Waals surface area contributed by atoms with Gasteiger partial charge in [-0.05, 0) is 19.5 Å². The number of carbonyl (C=O) groups is 1. The molecule has 2 rings (SSSR count). The van der Waals surface area contributed by atoms with Gasteiger partial charge in [0, 0.05) is 26.2 Å². The maximum atomic E-state index is 12.0. The summed E-state index contributed by atoms with van der Waals surface area (Å²) in [6.07, 6.45) is 0. The van der Waals surface area contributed by atoms with Crippen LogP contribution < -0.4 is 0 Å². The molecule has 18 heavy (non-hydrogen) atoms. The zero-order valence-corrected chi connectivity index (χ0v) is 11.0. The summed E-state index contributed by atoms with van der Waals surface area (Å²) < 4.78 is 0. The van der Waals surface area contributed by atoms with Crippen LogP contribution >= 0.6 is 0 Å². The summed E-state index contributed by atoms with van der Waals surface area (Å²) in [5, 5.41) is 1.77. The Morgan fingerprint density at radius 3 is 2.39 bits per heavy atom. The van der Waals surface area contributed by atoms with Gasteiger partial charge in [0.1, 0.15) is 0 Å². The third kappa shape index (κ3) is 3.31. The average Bonchev–Trinajstić information content (AvgIpc) is 2.41. The van der Waals surface area contributed by atoms with Crippen molar-refractivity contribution >= 4 is 5.97 Å². The second kappa shape index (κ2) is 5.98. The monoisotopic (exact) mass is 248 g/mol. The van der Waals surface area contributed by atoms with Crippen LogP contribution in [0.4, 0.5) is 0 Å². The number of carbonyl (C=O) groups excluding carboxylic acids is 1. The van der Waals surface area contributed by atoms with Crippen molar-refractivity contribution in [3.63, 3.8) is 0 Å². The van der Waals surface area contributed by atoms with Crippen molar-refractivity contribution in [2.75, 3.05) is 33.2 Å². The van der Waals surface area contributed by atoms with Gasteiger partial charge < -0.3 is 9.74 Å². The Kier molecular flexibility index (Phi) is 4.33. The zero-order chi connectivity index (χ0) is 13.0. The number of hydrogen-bond acceptors (Lipinski definition) is 4. The largest absolute Gasteiger partial charge is 0.367 e. The summed E-state index contributed by atoms with van der Waals surface area (Å²) in [6, 6.07) is 9.73. The first-order valence-corrected chi connectivity index (χ1v) is 6.37. The third-order valence-corrected chi connectivity index (χ3v) is 3.33. The summed E-state index contributed by atoms with van der Waals surface area (Å²) in [6.45, 7) is 5.32. The molecular formula is C14H20N2O2. The highest BCUT2D eigenvalue weighted by Gasteiger charge is 2.22. The Balaban J connectivity index is 1.88. The third-order valence-electron chi connectivity index (χ3n) is 3.33. The van der Waals surface area contributed by atoms with Gasteiger partial charge in [-0.2, -0.15) is 0 Å². The van der Waals surface area contributed by atoms with E-state index in [-0.39, 0.29) is 11.9 Å². The van der Waals surface area contributed by atoms with Crippen LogP contribution in [0.25, 0.3) is 0 Å². The molecule has 0 aliphatic carbocycles. The lowest BCUT2D eigenvalue weighted by atomic mass is 10.0. The van der Waals surface area contributed by atoms with E-state index in [1.54, 1.807) is 5.06 Å². The first kappa shape index (κ1) is 13.1. The number of hydroxylamine groups is 2. The smallest absolute Gasteiger partial charge is 0.332 e. The van der Waals surface area contributed by atoms with Crippen LogP contribution in [0, 0.1) is 0 Å². The molecule has 1 atom stereocenters. The summed E-state index contributed by atoms with van der Waals surface area (Å²) in [5.41, 5.74) is 0.997. The average molecular weight is 248 g/mol. The van der Waals surface area contributed by atoms with E-state index in [0.717, 1.165) is 31.7 Å². The number of piperazine rings is 1. The molecule has 0 N–H and O–H groups in total. The van der Waals surface area contributed by atoms with Crippen LogP contribution in [0.2, 0.25) is 0 Å². The maximum absolute atomic E-state index is 12.0. The fourth-order valence-electron chi connectivity index (χ4n) is 1.96. The molecule has 0 spiro atoms. The number of nitrogens with zero attached hydrogens (tertiary/aromatic N) is 2. The lowest BCUT2D eigenvalue weighted by Crippen LogP contribution is -2.45. The minimum Gasteiger partial charge on any atom is -0.367 e. The molecular weight excluding hydrogens is 228 g/mol. The van der Waals surface area contributed by atoms with Crippen molar-refractivity contribution in [2.45, 2.75) is 12.8 Å². The summed E-state index contributed by atoms with van der Waals surface area (Å²) in [7, 11) is 2.08. The molecule has 1 saturated heterocycles. The lowest BCUT2D eigenvalue weighted by Gasteiger charge is -2.31. The Labute approximate surface area is 108 Å². The molecule has 0 amide bonds. The van der Waals surface area contributed by atoms with Crippen LogP contribution in [-0.2, 0) is 9.63 Å². The van der Waals surface area contributed by atoms with Gasteiger partial charge >= 0.3 is 5.97 Å². The molecule has 1 unspecified atom stereocenters. The first-order chi connectivity index (χ1) is 8.66. The minimum absolute atomic E-state index is 0.175. The van der Waals surface area contributed by atoms with Crippen molar-refractivity contribution < 1.29 is 9.63 Å². The van der Waals surface area contributed by atoms with Gasteiger partial charge in [0.25, 0.3) is 0 Å². The summed E-state index contributed by atoms with van der Waals surface area (Å²) in [5.74, 6) is -0.392. The van der Waals surface area contributed by atoms with Crippen molar-refractivity contribution in [1.29, 1.82) is 0 Å². The molecule has 1 aliphatic heterocycles. The molecule has 4 heteroatoms. The van der Waals surface area contributed by atoms with Gasteiger partial charge in [0.2, 0.25) is 0 Å². The molecule has 0 saturated carbocycles. The van der Waals surface area contributed by atoms with E-state index in [1.165, 1.54) is 0 Å². The predicted molar refractivity (Wildman–Crippen MR) is 70.0 cm³/mol. The van der Waals surface area contributed by atoms with Gasteiger partial charge in [0.15, 0.2) is 0 Å². The number of rotatable bonds is 3. The zero-order valence-electron chi connectivity index (χ0n) is 11.0. The number of benzene rings is 1. The Bertz CT molecular complexity index is 386. The van der Waals surface area contributed by atoms with Crippen LogP contribution in [0.1, 0.15) is 18.4 Å². The SMILES string of the molecule is CC(C(=O)ON1CCN(C)CC1)c1ccccc1. The second-order valence-electron chi connectivity index (χ2n) is 4.77. The van der Waals surface area contributed by atoms with E-state index in [2.05, 4.69) is 11.9 Å². The normalized spacial score (nSPS) is 19.4. The van der Waals surface area contributed by atoms with Crippen molar-refractivity contribution in [1.82, 2.24) is 9.96 Å². The van der Waals surface area contributed by atoms with Crippen molar-refractivity contribution in [3.05, 3.63) is 35.9 Å². The van der Waals surface area contributed by atoms with Crippen LogP contribution in [0.3, 0.4) is 0 Å². The fourth-order valence-corrected chi connectivity index (χ4v) is 1.96. The molecule has 98 valence electrons. The maximum Gasteiger partial charge on any atom is 0.332 e. The highest BCUT2D eigenvalue weighted by atomic mass is 16.7. The molecule has 1 aromatic rings. The molecule has 0 radical (unpaired) electrons. The summed E-state index contributed by atoms with van der Waals surface area (Å²) in [4.78, 5) is 19.7. The van der Waals surface area contributed by atoms with Gasteiger partial charge in [-0.3, -0.25) is 0 Å². The van der Waals surface area contributed by atoms with E-state index < -0.39 is 0 Å². The number of hydrogen-bond donors (Lipinski definition) is 0. The van der Waals surface area contributed by atoms with Gasteiger partial charge in [0.05, 0.1) is 5.92 Å². The van der Waals surface area contributed by atoms with Crippen molar-refractivity contribution in [2.24, 2.45) is 0 Å². The molecule has 1 aromatic carbocycles. The van der Waals surface area contributed by atoms with E-state index in [9.17, 15) is 4.79 Å². The Hall–Kier alpha value is -1.39. The Morgan fingerprint density at radius 1 is 1.17 bits per heavy atom. The molecule has 1 aliphatic rings. The van der Waals surface area contributed by atoms with Gasteiger partial charge in [-0.25, -0.2) is 4.79 Å². The lowest BCUT2D eigenvalue weighted by molar-refractivity contribution is -0.198. The second-order valence-corrected chi connectivity index (χ2v) is 4.77. The van der Waals surface area contributed by atoms with Crippen LogP contribution in [-0.4, -0.2) is 49.2 Å².